The summed E-state index contributed by atoms with van der Waals surface area (Å²) in [6.45, 7) is 3.99. The van der Waals surface area contributed by atoms with Crippen LogP contribution in [0.5, 0.6) is 0 Å². The Bertz CT molecular complexity index is 595. The number of halogens is 1. The summed E-state index contributed by atoms with van der Waals surface area (Å²) in [6.07, 6.45) is 0. The van der Waals surface area contributed by atoms with Crippen LogP contribution < -0.4 is 5.32 Å². The van der Waals surface area contributed by atoms with Gasteiger partial charge in [0.15, 0.2) is 0 Å². The third kappa shape index (κ3) is 3.48. The van der Waals surface area contributed by atoms with E-state index in [2.05, 4.69) is 21.2 Å². The van der Waals surface area contributed by atoms with Gasteiger partial charge in [-0.05, 0) is 31.0 Å². The average Bonchev–Trinajstić information content (AvgIpc) is 2.45. The molecule has 0 heterocycles. The maximum atomic E-state index is 12.4. The molecule has 0 saturated carbocycles. The highest BCUT2D eigenvalue weighted by molar-refractivity contribution is 9.09. The van der Waals surface area contributed by atoms with Gasteiger partial charge in [-0.2, -0.15) is 0 Å². The van der Waals surface area contributed by atoms with Crippen molar-refractivity contribution in [2.24, 2.45) is 0 Å². The topological polar surface area (TPSA) is 29.1 Å². The molecule has 2 aromatic carbocycles. The molecule has 0 radical (unpaired) electrons. The van der Waals surface area contributed by atoms with Crippen molar-refractivity contribution in [2.75, 3.05) is 5.33 Å². The summed E-state index contributed by atoms with van der Waals surface area (Å²) in [6, 6.07) is 15.8. The molecule has 0 saturated heterocycles. The van der Waals surface area contributed by atoms with E-state index < -0.39 is 0 Å². The maximum absolute atomic E-state index is 12.4. The molecule has 0 aromatic heterocycles. The Balaban J connectivity index is 2.17. The molecule has 1 N–H and O–H groups in total. The van der Waals surface area contributed by atoms with Crippen molar-refractivity contribution < 1.29 is 4.79 Å². The highest BCUT2D eigenvalue weighted by atomic mass is 79.9. The van der Waals surface area contributed by atoms with E-state index in [1.54, 1.807) is 0 Å². The Labute approximate surface area is 128 Å². The lowest BCUT2D eigenvalue weighted by Crippen LogP contribution is -2.30. The molecule has 0 aliphatic carbocycles. The van der Waals surface area contributed by atoms with Crippen LogP contribution in [0.2, 0.25) is 0 Å². The Hall–Kier alpha value is -1.61. The molecule has 104 valence electrons. The van der Waals surface area contributed by atoms with Crippen LogP contribution in [0.4, 0.5) is 0 Å². The monoisotopic (exact) mass is 331 g/mol. The first-order valence-corrected chi connectivity index (χ1v) is 7.73. The van der Waals surface area contributed by atoms with Crippen LogP contribution in [0, 0.1) is 13.8 Å². The van der Waals surface area contributed by atoms with Crippen molar-refractivity contribution in [1.29, 1.82) is 0 Å². The first kappa shape index (κ1) is 14.8. The highest BCUT2D eigenvalue weighted by Crippen LogP contribution is 2.17. The molecular formula is C17H18BrNO. The van der Waals surface area contributed by atoms with Crippen molar-refractivity contribution in [3.8, 4) is 0 Å². The number of aryl methyl sites for hydroxylation is 2. The van der Waals surface area contributed by atoms with Crippen LogP contribution in [0.3, 0.4) is 0 Å². The molecular weight excluding hydrogens is 314 g/mol. The molecule has 3 heteroatoms. The molecule has 2 nitrogen and oxygen atoms in total. The second-order valence-corrected chi connectivity index (χ2v) is 5.56. The summed E-state index contributed by atoms with van der Waals surface area (Å²) in [5.74, 6) is -0.0317. The van der Waals surface area contributed by atoms with Gasteiger partial charge in [-0.15, -0.1) is 0 Å². The average molecular weight is 332 g/mol. The van der Waals surface area contributed by atoms with Crippen molar-refractivity contribution in [2.45, 2.75) is 19.9 Å². The van der Waals surface area contributed by atoms with Crippen LogP contribution in [-0.4, -0.2) is 11.2 Å². The highest BCUT2D eigenvalue weighted by Gasteiger charge is 2.15. The minimum absolute atomic E-state index is 0.0237. The lowest BCUT2D eigenvalue weighted by Gasteiger charge is -2.17. The number of amides is 1. The molecule has 0 fully saturated rings. The smallest absolute Gasteiger partial charge is 0.252 e. The third-order valence-electron chi connectivity index (χ3n) is 3.29. The fraction of sp³-hybridized carbons (Fsp3) is 0.235. The standard InChI is InChI=1S/C17H18BrNO/c1-12-8-9-15(13(2)10-12)17(20)19-16(11-18)14-6-4-3-5-7-14/h3-10,16H,11H2,1-2H3,(H,19,20). The van der Waals surface area contributed by atoms with Crippen LogP contribution in [0.15, 0.2) is 48.5 Å². The number of carbonyl (C=O) groups excluding carboxylic acids is 1. The summed E-state index contributed by atoms with van der Waals surface area (Å²) < 4.78 is 0. The fourth-order valence-corrected chi connectivity index (χ4v) is 2.74. The number of hydrogen-bond donors (Lipinski definition) is 1. The zero-order valence-electron chi connectivity index (χ0n) is 11.7. The van der Waals surface area contributed by atoms with Gasteiger partial charge in [0, 0.05) is 10.9 Å². The molecule has 2 rings (SSSR count). The van der Waals surface area contributed by atoms with Gasteiger partial charge in [-0.25, -0.2) is 0 Å². The van der Waals surface area contributed by atoms with E-state index >= 15 is 0 Å². The van der Waals surface area contributed by atoms with E-state index in [0.29, 0.717) is 5.33 Å². The van der Waals surface area contributed by atoms with Crippen LogP contribution >= 0.6 is 15.9 Å². The van der Waals surface area contributed by atoms with Gasteiger partial charge in [0.25, 0.3) is 5.91 Å². The largest absolute Gasteiger partial charge is 0.344 e. The molecule has 0 aliphatic heterocycles. The van der Waals surface area contributed by atoms with Crippen molar-refractivity contribution in [3.05, 3.63) is 70.8 Å². The van der Waals surface area contributed by atoms with Gasteiger partial charge >= 0.3 is 0 Å². The van der Waals surface area contributed by atoms with Gasteiger partial charge in [0.1, 0.15) is 0 Å². The Morgan fingerprint density at radius 1 is 1.15 bits per heavy atom. The zero-order valence-corrected chi connectivity index (χ0v) is 13.3. The predicted molar refractivity (Wildman–Crippen MR) is 86.4 cm³/mol. The molecule has 0 aliphatic rings. The fourth-order valence-electron chi connectivity index (χ4n) is 2.20. The van der Waals surface area contributed by atoms with E-state index in [-0.39, 0.29) is 11.9 Å². The van der Waals surface area contributed by atoms with Gasteiger partial charge in [0.2, 0.25) is 0 Å². The van der Waals surface area contributed by atoms with E-state index in [1.807, 2.05) is 62.4 Å². The first-order valence-electron chi connectivity index (χ1n) is 6.61. The van der Waals surface area contributed by atoms with Gasteiger partial charge in [0.05, 0.1) is 6.04 Å². The lowest BCUT2D eigenvalue weighted by molar-refractivity contribution is 0.0940. The SMILES string of the molecule is Cc1ccc(C(=O)NC(CBr)c2ccccc2)c(C)c1. The number of carbonyl (C=O) groups is 1. The van der Waals surface area contributed by atoms with Crippen molar-refractivity contribution in [3.63, 3.8) is 0 Å². The third-order valence-corrected chi connectivity index (χ3v) is 3.94. The summed E-state index contributed by atoms with van der Waals surface area (Å²) in [7, 11) is 0. The van der Waals surface area contributed by atoms with Gasteiger partial charge < -0.3 is 5.32 Å². The second-order valence-electron chi connectivity index (χ2n) is 4.91. The maximum Gasteiger partial charge on any atom is 0.252 e. The summed E-state index contributed by atoms with van der Waals surface area (Å²) >= 11 is 3.47. The lowest BCUT2D eigenvalue weighted by atomic mass is 10.0. The Kier molecular flexibility index (Phi) is 4.96. The molecule has 1 unspecified atom stereocenters. The number of hydrogen-bond acceptors (Lipinski definition) is 1. The molecule has 20 heavy (non-hydrogen) atoms. The van der Waals surface area contributed by atoms with E-state index in [4.69, 9.17) is 0 Å². The first-order chi connectivity index (χ1) is 9.61. The normalized spacial score (nSPS) is 11.9. The van der Waals surface area contributed by atoms with Crippen LogP contribution in [0.25, 0.3) is 0 Å². The molecule has 0 spiro atoms. The van der Waals surface area contributed by atoms with E-state index in [9.17, 15) is 4.79 Å². The van der Waals surface area contributed by atoms with Crippen LogP contribution in [-0.2, 0) is 0 Å². The number of alkyl halides is 1. The van der Waals surface area contributed by atoms with Crippen molar-refractivity contribution >= 4 is 21.8 Å². The summed E-state index contributed by atoms with van der Waals surface area (Å²) in [4.78, 5) is 12.4. The molecule has 1 amide bonds. The van der Waals surface area contributed by atoms with Gasteiger partial charge in [-0.1, -0.05) is 64.0 Å². The van der Waals surface area contributed by atoms with E-state index in [1.165, 1.54) is 5.56 Å². The van der Waals surface area contributed by atoms with Crippen molar-refractivity contribution in [1.82, 2.24) is 5.32 Å². The predicted octanol–water partition coefficient (Wildman–Crippen LogP) is 4.17. The number of benzene rings is 2. The quantitative estimate of drug-likeness (QED) is 0.837. The molecule has 1 atom stereocenters. The zero-order chi connectivity index (χ0) is 14.5. The molecule has 2 aromatic rings. The molecule has 0 bridgehead atoms. The Morgan fingerprint density at radius 2 is 1.85 bits per heavy atom. The second kappa shape index (κ2) is 6.71. The Morgan fingerprint density at radius 3 is 2.45 bits per heavy atom. The number of nitrogens with one attached hydrogen (secondary N) is 1. The minimum Gasteiger partial charge on any atom is -0.344 e. The summed E-state index contributed by atoms with van der Waals surface area (Å²) in [5, 5.41) is 3.76. The van der Waals surface area contributed by atoms with Crippen LogP contribution in [0.1, 0.15) is 33.1 Å². The number of rotatable bonds is 4. The summed E-state index contributed by atoms with van der Waals surface area (Å²) in [5.41, 5.74) is 4.00. The van der Waals surface area contributed by atoms with E-state index in [0.717, 1.165) is 16.7 Å². The minimum atomic E-state index is -0.0317. The van der Waals surface area contributed by atoms with Gasteiger partial charge in [-0.3, -0.25) is 4.79 Å².